The highest BCUT2D eigenvalue weighted by molar-refractivity contribution is 7.15. The van der Waals surface area contributed by atoms with E-state index < -0.39 is 10.9 Å². The normalized spacial score (nSPS) is 10.6. The smallest absolute Gasteiger partial charge is 0.341 e. The number of nitro benzene ring substituents is 1. The first kappa shape index (κ1) is 19.6. The maximum absolute atomic E-state index is 12.4. The predicted octanol–water partition coefficient (Wildman–Crippen LogP) is 4.48. The molecule has 0 atom stereocenters. The van der Waals surface area contributed by atoms with E-state index >= 15 is 0 Å². The fourth-order valence-corrected chi connectivity index (χ4v) is 3.38. The summed E-state index contributed by atoms with van der Waals surface area (Å²) in [7, 11) is 0. The number of hydrogen-bond donors (Lipinski definition) is 1. The van der Waals surface area contributed by atoms with Gasteiger partial charge in [-0.2, -0.15) is 0 Å². The van der Waals surface area contributed by atoms with E-state index in [-0.39, 0.29) is 29.7 Å². The van der Waals surface area contributed by atoms with Gasteiger partial charge >= 0.3 is 5.97 Å². The number of nitro groups is 1. The maximum atomic E-state index is 12.4. The molecule has 0 unspecified atom stereocenters. The average Bonchev–Trinajstić information content (AvgIpc) is 2.97. The second kappa shape index (κ2) is 8.57. The third kappa shape index (κ3) is 4.66. The third-order valence-electron chi connectivity index (χ3n) is 3.49. The van der Waals surface area contributed by atoms with E-state index in [9.17, 15) is 19.7 Å². The number of carbonyl (C=O) groups is 2. The quantitative estimate of drug-likeness (QED) is 0.436. The standard InChI is InChI=1S/C18H20N2O5S/c1-4-25-18(22)16-14(12-6-5-7-13(9-12)20(23)24)10-26-17(16)19-15(21)8-11(2)3/h5-7,9-11H,4,8H2,1-3H3,(H,19,21). The van der Waals surface area contributed by atoms with Gasteiger partial charge in [0, 0.05) is 29.5 Å². The highest BCUT2D eigenvalue weighted by atomic mass is 32.1. The van der Waals surface area contributed by atoms with Crippen molar-refractivity contribution >= 4 is 33.9 Å². The van der Waals surface area contributed by atoms with E-state index in [0.29, 0.717) is 22.5 Å². The number of nitrogens with one attached hydrogen (secondary N) is 1. The van der Waals surface area contributed by atoms with Gasteiger partial charge in [0.05, 0.1) is 11.5 Å². The van der Waals surface area contributed by atoms with Crippen molar-refractivity contribution in [2.45, 2.75) is 27.2 Å². The first-order valence-corrected chi connectivity index (χ1v) is 9.04. The number of amides is 1. The average molecular weight is 376 g/mol. The van der Waals surface area contributed by atoms with E-state index in [1.165, 1.54) is 23.5 Å². The van der Waals surface area contributed by atoms with Gasteiger partial charge < -0.3 is 10.1 Å². The van der Waals surface area contributed by atoms with Gasteiger partial charge in [-0.3, -0.25) is 14.9 Å². The minimum Gasteiger partial charge on any atom is -0.462 e. The Morgan fingerprint density at radius 3 is 2.69 bits per heavy atom. The lowest BCUT2D eigenvalue weighted by atomic mass is 10.0. The number of ether oxygens (including phenoxy) is 1. The van der Waals surface area contributed by atoms with E-state index in [1.807, 2.05) is 13.8 Å². The molecule has 0 aliphatic heterocycles. The van der Waals surface area contributed by atoms with Crippen LogP contribution in [0.3, 0.4) is 0 Å². The third-order valence-corrected chi connectivity index (χ3v) is 4.38. The van der Waals surface area contributed by atoms with Crippen LogP contribution in [0, 0.1) is 16.0 Å². The highest BCUT2D eigenvalue weighted by Crippen LogP contribution is 2.37. The summed E-state index contributed by atoms with van der Waals surface area (Å²) in [6.45, 7) is 5.72. The van der Waals surface area contributed by atoms with Gasteiger partial charge in [-0.1, -0.05) is 26.0 Å². The Morgan fingerprint density at radius 2 is 2.08 bits per heavy atom. The van der Waals surface area contributed by atoms with Crippen molar-refractivity contribution in [1.82, 2.24) is 0 Å². The Morgan fingerprint density at radius 1 is 1.35 bits per heavy atom. The zero-order chi connectivity index (χ0) is 19.3. The number of thiophene rings is 1. The molecular weight excluding hydrogens is 356 g/mol. The number of anilines is 1. The number of rotatable bonds is 7. The Bertz CT molecular complexity index is 829. The predicted molar refractivity (Wildman–Crippen MR) is 100 cm³/mol. The molecule has 0 saturated heterocycles. The van der Waals surface area contributed by atoms with E-state index in [2.05, 4.69) is 5.32 Å². The maximum Gasteiger partial charge on any atom is 0.341 e. The van der Waals surface area contributed by atoms with Crippen LogP contribution in [0.2, 0.25) is 0 Å². The molecule has 0 saturated carbocycles. The molecule has 1 aromatic carbocycles. The lowest BCUT2D eigenvalue weighted by Gasteiger charge is -2.09. The van der Waals surface area contributed by atoms with E-state index in [0.717, 1.165) is 0 Å². The second-order valence-corrected chi connectivity index (χ2v) is 6.91. The van der Waals surface area contributed by atoms with Crippen molar-refractivity contribution in [3.8, 4) is 11.1 Å². The van der Waals surface area contributed by atoms with Crippen molar-refractivity contribution in [2.75, 3.05) is 11.9 Å². The number of esters is 1. The molecule has 1 amide bonds. The molecule has 26 heavy (non-hydrogen) atoms. The van der Waals surface area contributed by atoms with Gasteiger partial charge in [0.1, 0.15) is 10.6 Å². The molecule has 0 radical (unpaired) electrons. The zero-order valence-corrected chi connectivity index (χ0v) is 15.6. The summed E-state index contributed by atoms with van der Waals surface area (Å²) < 4.78 is 5.11. The molecule has 1 heterocycles. The zero-order valence-electron chi connectivity index (χ0n) is 14.8. The summed E-state index contributed by atoms with van der Waals surface area (Å²) >= 11 is 1.19. The lowest BCUT2D eigenvalue weighted by Crippen LogP contribution is -2.16. The molecule has 138 valence electrons. The number of carbonyl (C=O) groups excluding carboxylic acids is 2. The van der Waals surface area contributed by atoms with Crippen molar-refractivity contribution in [3.63, 3.8) is 0 Å². The molecule has 0 fully saturated rings. The first-order chi connectivity index (χ1) is 12.3. The number of nitrogens with zero attached hydrogens (tertiary/aromatic N) is 1. The van der Waals surface area contributed by atoms with Crippen LogP contribution in [-0.4, -0.2) is 23.4 Å². The molecule has 0 spiro atoms. The first-order valence-electron chi connectivity index (χ1n) is 8.16. The van der Waals surface area contributed by atoms with Crippen molar-refractivity contribution in [1.29, 1.82) is 0 Å². The number of non-ortho nitro benzene ring substituents is 1. The van der Waals surface area contributed by atoms with Crippen LogP contribution in [-0.2, 0) is 9.53 Å². The summed E-state index contributed by atoms with van der Waals surface area (Å²) in [6.07, 6.45) is 0.326. The summed E-state index contributed by atoms with van der Waals surface area (Å²) in [5.41, 5.74) is 1.16. The lowest BCUT2D eigenvalue weighted by molar-refractivity contribution is -0.384. The van der Waals surface area contributed by atoms with Crippen molar-refractivity contribution in [2.24, 2.45) is 5.92 Å². The monoisotopic (exact) mass is 376 g/mol. The fraction of sp³-hybridized carbons (Fsp3) is 0.333. The summed E-state index contributed by atoms with van der Waals surface area (Å²) in [5, 5.41) is 15.8. The Labute approximate surface area is 155 Å². The molecule has 0 aliphatic carbocycles. The summed E-state index contributed by atoms with van der Waals surface area (Å²) in [6, 6.07) is 6.00. The molecule has 0 bridgehead atoms. The van der Waals surface area contributed by atoms with Crippen LogP contribution >= 0.6 is 11.3 Å². The number of benzene rings is 1. The SMILES string of the molecule is CCOC(=O)c1c(-c2cccc([N+](=O)[O-])c2)csc1NC(=O)CC(C)C. The van der Waals surface area contributed by atoms with Gasteiger partial charge in [0.2, 0.25) is 5.91 Å². The van der Waals surface area contributed by atoms with Crippen LogP contribution in [0.4, 0.5) is 10.7 Å². The Balaban J connectivity index is 2.46. The van der Waals surface area contributed by atoms with Gasteiger partial charge in [-0.05, 0) is 18.4 Å². The summed E-state index contributed by atoms with van der Waals surface area (Å²) in [4.78, 5) is 35.1. The topological polar surface area (TPSA) is 98.5 Å². The minimum atomic E-state index is -0.574. The minimum absolute atomic E-state index is 0.0751. The molecule has 0 aliphatic rings. The van der Waals surface area contributed by atoms with Crippen molar-refractivity contribution in [3.05, 3.63) is 45.3 Å². The molecule has 1 N–H and O–H groups in total. The molecule has 1 aromatic heterocycles. The van der Waals surface area contributed by atoms with Gasteiger partial charge in [-0.25, -0.2) is 4.79 Å². The van der Waals surface area contributed by atoms with Crippen LogP contribution in [0.1, 0.15) is 37.6 Å². The van der Waals surface area contributed by atoms with Gasteiger partial charge in [0.15, 0.2) is 0 Å². The van der Waals surface area contributed by atoms with Crippen LogP contribution in [0.15, 0.2) is 29.6 Å². The second-order valence-electron chi connectivity index (χ2n) is 6.03. The van der Waals surface area contributed by atoms with Crippen molar-refractivity contribution < 1.29 is 19.2 Å². The molecule has 2 aromatic rings. The Kier molecular flexibility index (Phi) is 6.46. The van der Waals surface area contributed by atoms with Crippen LogP contribution in [0.5, 0.6) is 0 Å². The van der Waals surface area contributed by atoms with E-state index in [1.54, 1.807) is 24.4 Å². The molecular formula is C18H20N2O5S. The van der Waals surface area contributed by atoms with Gasteiger partial charge in [0.25, 0.3) is 5.69 Å². The van der Waals surface area contributed by atoms with Crippen LogP contribution in [0.25, 0.3) is 11.1 Å². The number of hydrogen-bond acceptors (Lipinski definition) is 6. The largest absolute Gasteiger partial charge is 0.462 e. The summed E-state index contributed by atoms with van der Waals surface area (Å²) in [5.74, 6) is -0.592. The highest BCUT2D eigenvalue weighted by Gasteiger charge is 2.23. The molecule has 8 heteroatoms. The fourth-order valence-electron chi connectivity index (χ4n) is 2.40. The Hall–Kier alpha value is -2.74. The van der Waals surface area contributed by atoms with Crippen LogP contribution < -0.4 is 5.32 Å². The molecule has 2 rings (SSSR count). The van der Waals surface area contributed by atoms with Gasteiger partial charge in [-0.15, -0.1) is 11.3 Å². The van der Waals surface area contributed by atoms with E-state index in [4.69, 9.17) is 4.74 Å². The molecule has 7 nitrogen and oxygen atoms in total.